The largest absolute Gasteiger partial charge is 0.355 e. The minimum atomic E-state index is -0.418. The summed E-state index contributed by atoms with van der Waals surface area (Å²) < 4.78 is 0. The Kier molecular flexibility index (Phi) is 3.90. The number of nitrogens with zero attached hydrogens (tertiary/aromatic N) is 6. The zero-order valence-corrected chi connectivity index (χ0v) is 14.6. The fraction of sp³-hybridized carbons (Fsp3) is 0.353. The van der Waals surface area contributed by atoms with Gasteiger partial charge in [-0.15, -0.1) is 0 Å². The Balaban J connectivity index is 1.55. The summed E-state index contributed by atoms with van der Waals surface area (Å²) in [5.74, 6) is 1.71. The van der Waals surface area contributed by atoms with Crippen molar-refractivity contribution >= 4 is 28.4 Å². The lowest BCUT2D eigenvalue weighted by atomic mass is 10.2. The molecule has 1 aliphatic rings. The van der Waals surface area contributed by atoms with E-state index in [1.165, 1.54) is 6.20 Å². The summed E-state index contributed by atoms with van der Waals surface area (Å²) in [4.78, 5) is 31.0. The number of hydrogen-bond acceptors (Lipinski definition) is 7. The van der Waals surface area contributed by atoms with E-state index >= 15 is 0 Å². The first-order valence-electron chi connectivity index (χ1n) is 8.41. The van der Waals surface area contributed by atoms with Crippen LogP contribution in [0.3, 0.4) is 0 Å². The third-order valence-corrected chi connectivity index (χ3v) is 4.92. The van der Waals surface area contributed by atoms with Crippen LogP contribution in [0.5, 0.6) is 0 Å². The minimum absolute atomic E-state index is 0.0172. The van der Waals surface area contributed by atoms with Crippen molar-refractivity contribution in [1.82, 2.24) is 19.9 Å². The lowest BCUT2D eigenvalue weighted by Crippen LogP contribution is -2.35. The summed E-state index contributed by atoms with van der Waals surface area (Å²) >= 11 is 0. The van der Waals surface area contributed by atoms with Gasteiger partial charge in [-0.2, -0.15) is 0 Å². The highest BCUT2D eigenvalue weighted by Gasteiger charge is 2.29. The number of fused-ring (bicyclic) bond motifs is 1. The average molecular weight is 353 g/mol. The van der Waals surface area contributed by atoms with Gasteiger partial charge in [-0.1, -0.05) is 0 Å². The number of rotatable bonds is 4. The number of hydrogen-bond donors (Lipinski definition) is 1. The van der Waals surface area contributed by atoms with E-state index in [4.69, 9.17) is 0 Å². The molecule has 3 aromatic rings. The molecule has 0 bridgehead atoms. The number of H-pyrrole nitrogens is 1. The second kappa shape index (κ2) is 6.25. The van der Waals surface area contributed by atoms with Gasteiger partial charge in [0.2, 0.25) is 0 Å². The Morgan fingerprint density at radius 3 is 3.00 bits per heavy atom. The summed E-state index contributed by atoms with van der Waals surface area (Å²) in [6, 6.07) is 3.81. The topological polar surface area (TPSA) is 104 Å². The van der Waals surface area contributed by atoms with Crippen LogP contribution in [0, 0.1) is 17.0 Å². The molecule has 134 valence electrons. The van der Waals surface area contributed by atoms with Gasteiger partial charge in [0.05, 0.1) is 10.3 Å². The molecule has 0 unspecified atom stereocenters. The van der Waals surface area contributed by atoms with Crippen LogP contribution in [0.25, 0.3) is 11.0 Å². The number of likely N-dealkylation sites (N-methyl/N-ethyl adjacent to an activating group) is 1. The maximum Gasteiger partial charge on any atom is 0.287 e. The fourth-order valence-corrected chi connectivity index (χ4v) is 3.56. The Labute approximate surface area is 149 Å². The zero-order chi connectivity index (χ0) is 18.3. The summed E-state index contributed by atoms with van der Waals surface area (Å²) in [5.41, 5.74) is 1.65. The molecule has 9 nitrogen and oxygen atoms in total. The van der Waals surface area contributed by atoms with E-state index < -0.39 is 4.92 Å². The Morgan fingerprint density at radius 2 is 2.23 bits per heavy atom. The van der Waals surface area contributed by atoms with Gasteiger partial charge in [-0.05, 0) is 25.0 Å². The van der Waals surface area contributed by atoms with Crippen molar-refractivity contribution in [3.05, 3.63) is 46.5 Å². The lowest BCUT2D eigenvalue weighted by molar-refractivity contribution is -0.385. The summed E-state index contributed by atoms with van der Waals surface area (Å²) in [6.07, 6.45) is 5.73. The molecule has 26 heavy (non-hydrogen) atoms. The number of nitro groups is 1. The zero-order valence-electron chi connectivity index (χ0n) is 14.6. The normalized spacial score (nSPS) is 17.0. The minimum Gasteiger partial charge on any atom is -0.355 e. The van der Waals surface area contributed by atoms with Gasteiger partial charge >= 0.3 is 0 Å². The number of aromatic amines is 1. The van der Waals surface area contributed by atoms with Crippen LogP contribution in [0.15, 0.2) is 30.9 Å². The van der Waals surface area contributed by atoms with Gasteiger partial charge in [0, 0.05) is 38.4 Å². The Hall–Kier alpha value is -3.23. The predicted octanol–water partition coefficient (Wildman–Crippen LogP) is 2.28. The average Bonchev–Trinajstić information content (AvgIpc) is 3.30. The van der Waals surface area contributed by atoms with Crippen LogP contribution in [-0.2, 0) is 0 Å². The van der Waals surface area contributed by atoms with E-state index in [-0.39, 0.29) is 11.7 Å². The molecule has 1 aliphatic heterocycles. The van der Waals surface area contributed by atoms with Crippen LogP contribution < -0.4 is 9.80 Å². The second-order valence-electron chi connectivity index (χ2n) is 6.53. The van der Waals surface area contributed by atoms with Crippen LogP contribution >= 0.6 is 0 Å². The summed E-state index contributed by atoms with van der Waals surface area (Å²) in [7, 11) is 1.99. The predicted molar refractivity (Wildman–Crippen MR) is 98.5 cm³/mol. The molecule has 0 aliphatic carbocycles. The molecule has 0 amide bonds. The molecule has 1 saturated heterocycles. The van der Waals surface area contributed by atoms with E-state index in [1.807, 2.05) is 26.2 Å². The van der Waals surface area contributed by atoms with Crippen LogP contribution in [0.4, 0.5) is 17.3 Å². The molecule has 4 heterocycles. The van der Waals surface area contributed by atoms with E-state index in [9.17, 15) is 10.1 Å². The molecule has 9 heteroatoms. The SMILES string of the molecule is Cc1cc([N+](=O)[O-])cnc1N(C)[C@@H]1CCN(c2ncnc3[nH]ccc23)C1. The Morgan fingerprint density at radius 1 is 1.38 bits per heavy atom. The molecule has 1 atom stereocenters. The molecule has 1 fully saturated rings. The Bertz CT molecular complexity index is 971. The molecule has 0 radical (unpaired) electrons. The molecule has 0 saturated carbocycles. The van der Waals surface area contributed by atoms with Crippen molar-refractivity contribution in [2.45, 2.75) is 19.4 Å². The number of aromatic nitrogens is 4. The van der Waals surface area contributed by atoms with Crippen molar-refractivity contribution in [2.75, 3.05) is 29.9 Å². The molecule has 3 aromatic heterocycles. The van der Waals surface area contributed by atoms with Gasteiger partial charge in [0.15, 0.2) is 0 Å². The highest BCUT2D eigenvalue weighted by Crippen LogP contribution is 2.29. The van der Waals surface area contributed by atoms with Crippen molar-refractivity contribution < 1.29 is 4.92 Å². The highest BCUT2D eigenvalue weighted by molar-refractivity contribution is 5.87. The van der Waals surface area contributed by atoms with Crippen molar-refractivity contribution in [1.29, 1.82) is 0 Å². The van der Waals surface area contributed by atoms with Crippen molar-refractivity contribution in [2.24, 2.45) is 0 Å². The van der Waals surface area contributed by atoms with Crippen molar-refractivity contribution in [3.8, 4) is 0 Å². The maximum atomic E-state index is 10.9. The number of nitrogens with one attached hydrogen (secondary N) is 1. The summed E-state index contributed by atoms with van der Waals surface area (Å²) in [6.45, 7) is 3.55. The summed E-state index contributed by atoms with van der Waals surface area (Å²) in [5, 5.41) is 11.9. The van der Waals surface area contributed by atoms with Crippen LogP contribution in [0.1, 0.15) is 12.0 Å². The number of anilines is 2. The van der Waals surface area contributed by atoms with E-state index in [0.717, 1.165) is 47.7 Å². The molecule has 0 spiro atoms. The van der Waals surface area contributed by atoms with Crippen molar-refractivity contribution in [3.63, 3.8) is 0 Å². The standard InChI is InChI=1S/C17H19N7O2/c1-11-7-13(24(25)26)8-19-16(11)22(2)12-4-6-23(9-12)17-14-3-5-18-15(14)20-10-21-17/h3,5,7-8,10,12H,4,6,9H2,1-2H3,(H,18,20,21)/t12-/m1/s1. The first kappa shape index (κ1) is 16.2. The molecule has 4 rings (SSSR count). The van der Waals surface area contributed by atoms with Gasteiger partial charge in [0.25, 0.3) is 5.69 Å². The first-order chi connectivity index (χ1) is 12.5. The van der Waals surface area contributed by atoms with Gasteiger partial charge < -0.3 is 14.8 Å². The van der Waals surface area contributed by atoms with Crippen LogP contribution in [0.2, 0.25) is 0 Å². The highest BCUT2D eigenvalue weighted by atomic mass is 16.6. The quantitative estimate of drug-likeness (QED) is 0.567. The second-order valence-corrected chi connectivity index (χ2v) is 6.53. The molecular formula is C17H19N7O2. The van der Waals surface area contributed by atoms with Crippen LogP contribution in [-0.4, -0.2) is 51.0 Å². The monoisotopic (exact) mass is 353 g/mol. The maximum absolute atomic E-state index is 10.9. The molecule has 1 N–H and O–H groups in total. The first-order valence-corrected chi connectivity index (χ1v) is 8.41. The lowest BCUT2D eigenvalue weighted by Gasteiger charge is -2.27. The van der Waals surface area contributed by atoms with E-state index in [1.54, 1.807) is 12.4 Å². The third-order valence-electron chi connectivity index (χ3n) is 4.92. The van der Waals surface area contributed by atoms with Gasteiger partial charge in [0.1, 0.15) is 29.8 Å². The van der Waals surface area contributed by atoms with Gasteiger partial charge in [-0.3, -0.25) is 10.1 Å². The van der Waals surface area contributed by atoms with E-state index in [0.29, 0.717) is 0 Å². The third kappa shape index (κ3) is 2.71. The fourth-order valence-electron chi connectivity index (χ4n) is 3.56. The smallest absolute Gasteiger partial charge is 0.287 e. The molecule has 0 aromatic carbocycles. The number of pyridine rings is 1. The molecular weight excluding hydrogens is 334 g/mol. The van der Waals surface area contributed by atoms with Gasteiger partial charge in [-0.25, -0.2) is 15.0 Å². The van der Waals surface area contributed by atoms with E-state index in [2.05, 4.69) is 29.7 Å². The number of aryl methyl sites for hydroxylation is 1.